The Labute approximate surface area is 123 Å². The van der Waals surface area contributed by atoms with E-state index < -0.39 is 21.2 Å². The maximum absolute atomic E-state index is 12.6. The normalized spacial score (nSPS) is 16.9. The highest BCUT2D eigenvalue weighted by molar-refractivity contribution is 7.94. The molecule has 0 saturated carbocycles. The third kappa shape index (κ3) is 2.78. The molecule has 2 rings (SSSR count). The fraction of sp³-hybridized carbons (Fsp3) is 0.429. The summed E-state index contributed by atoms with van der Waals surface area (Å²) in [7, 11) is -2.78. The maximum atomic E-state index is 12.6. The van der Waals surface area contributed by atoms with E-state index in [0.29, 0.717) is 17.7 Å². The van der Waals surface area contributed by atoms with E-state index >= 15 is 0 Å². The number of ketones is 1. The number of carbonyl (C=O) groups excluding carboxylic acids is 2. The van der Waals surface area contributed by atoms with Crippen LogP contribution in [0, 0.1) is 0 Å². The van der Waals surface area contributed by atoms with Gasteiger partial charge in [-0.3, -0.25) is 13.9 Å². The van der Waals surface area contributed by atoms with Gasteiger partial charge in [-0.25, -0.2) is 8.42 Å². The number of methoxy groups -OCH3 is 1. The lowest BCUT2D eigenvalue weighted by Crippen LogP contribution is -2.42. The Morgan fingerprint density at radius 1 is 1.33 bits per heavy atom. The van der Waals surface area contributed by atoms with Gasteiger partial charge >= 0.3 is 5.97 Å². The fourth-order valence-electron chi connectivity index (χ4n) is 2.31. The Balaban J connectivity index is 2.51. The number of anilines is 1. The summed E-state index contributed by atoms with van der Waals surface area (Å²) in [6.07, 6.45) is 0.705. The standard InChI is InChI=1S/C14H17NO5S/c1-10(14(17)20-2)21(18,19)15-9-5-8-13(16)11-6-3-4-7-12(11)15/h3-4,6-7,10H,5,8-9H2,1-2H3. The molecule has 0 aliphatic carbocycles. The number of hydrogen-bond donors (Lipinski definition) is 0. The lowest BCUT2D eigenvalue weighted by Gasteiger charge is -2.26. The van der Waals surface area contributed by atoms with E-state index in [-0.39, 0.29) is 18.7 Å². The average Bonchev–Trinajstić information content (AvgIpc) is 2.65. The summed E-state index contributed by atoms with van der Waals surface area (Å²) >= 11 is 0. The molecule has 0 aromatic heterocycles. The van der Waals surface area contributed by atoms with Crippen LogP contribution in [0.15, 0.2) is 24.3 Å². The minimum atomic E-state index is -3.93. The average molecular weight is 311 g/mol. The number of nitrogens with zero attached hydrogens (tertiary/aromatic N) is 1. The predicted molar refractivity (Wildman–Crippen MR) is 77.8 cm³/mol. The number of benzene rings is 1. The van der Waals surface area contributed by atoms with Gasteiger partial charge in [-0.1, -0.05) is 12.1 Å². The van der Waals surface area contributed by atoms with Crippen molar-refractivity contribution in [2.45, 2.75) is 25.0 Å². The molecule has 1 aromatic rings. The van der Waals surface area contributed by atoms with Crippen LogP contribution in [0.5, 0.6) is 0 Å². The number of Topliss-reactive ketones (excluding diaryl/α,β-unsaturated/α-hetero) is 1. The molecular weight excluding hydrogens is 294 g/mol. The van der Waals surface area contributed by atoms with Crippen molar-refractivity contribution in [1.82, 2.24) is 0 Å². The van der Waals surface area contributed by atoms with E-state index in [2.05, 4.69) is 4.74 Å². The van der Waals surface area contributed by atoms with Crippen molar-refractivity contribution in [2.24, 2.45) is 0 Å². The lowest BCUT2D eigenvalue weighted by molar-refractivity contribution is -0.139. The van der Waals surface area contributed by atoms with Gasteiger partial charge in [0, 0.05) is 18.5 Å². The summed E-state index contributed by atoms with van der Waals surface area (Å²) in [5.74, 6) is -0.905. The monoisotopic (exact) mass is 311 g/mol. The number of esters is 1. The molecule has 6 nitrogen and oxygen atoms in total. The second-order valence-electron chi connectivity index (χ2n) is 4.83. The molecule has 21 heavy (non-hydrogen) atoms. The van der Waals surface area contributed by atoms with Crippen molar-refractivity contribution < 1.29 is 22.7 Å². The van der Waals surface area contributed by atoms with Gasteiger partial charge in [0.2, 0.25) is 10.0 Å². The van der Waals surface area contributed by atoms with Crippen molar-refractivity contribution in [1.29, 1.82) is 0 Å². The van der Waals surface area contributed by atoms with Crippen LogP contribution in [0.3, 0.4) is 0 Å². The highest BCUT2D eigenvalue weighted by atomic mass is 32.2. The summed E-state index contributed by atoms with van der Waals surface area (Å²) < 4.78 is 30.9. The van der Waals surface area contributed by atoms with Crippen molar-refractivity contribution in [3.05, 3.63) is 29.8 Å². The molecule has 0 amide bonds. The third-order valence-electron chi connectivity index (χ3n) is 3.53. The zero-order valence-corrected chi connectivity index (χ0v) is 12.7. The van der Waals surface area contributed by atoms with E-state index in [1.807, 2.05) is 0 Å². The molecule has 114 valence electrons. The zero-order chi connectivity index (χ0) is 15.6. The summed E-state index contributed by atoms with van der Waals surface area (Å²) in [6.45, 7) is 1.46. The van der Waals surface area contributed by atoms with Gasteiger partial charge in [-0.05, 0) is 25.5 Å². The first-order chi connectivity index (χ1) is 9.89. The third-order valence-corrected chi connectivity index (χ3v) is 5.60. The minimum absolute atomic E-state index is 0.0889. The molecule has 0 spiro atoms. The maximum Gasteiger partial charge on any atom is 0.325 e. The van der Waals surface area contributed by atoms with Gasteiger partial charge in [-0.2, -0.15) is 0 Å². The Bertz CT molecular complexity index is 668. The molecule has 0 bridgehead atoms. The van der Waals surface area contributed by atoms with Crippen molar-refractivity contribution >= 4 is 27.5 Å². The number of hydrogen-bond acceptors (Lipinski definition) is 5. The van der Waals surface area contributed by atoms with Gasteiger partial charge in [0.05, 0.1) is 12.8 Å². The molecule has 1 atom stereocenters. The van der Waals surface area contributed by atoms with Crippen LogP contribution >= 0.6 is 0 Å². The van der Waals surface area contributed by atoms with Crippen LogP contribution in [0.2, 0.25) is 0 Å². The van der Waals surface area contributed by atoms with Crippen LogP contribution in [0.1, 0.15) is 30.1 Å². The largest absolute Gasteiger partial charge is 0.468 e. The lowest BCUT2D eigenvalue weighted by atomic mass is 10.1. The molecule has 1 aliphatic heterocycles. The molecule has 1 aliphatic rings. The van der Waals surface area contributed by atoms with E-state index in [4.69, 9.17) is 0 Å². The summed E-state index contributed by atoms with van der Waals surface area (Å²) in [5.41, 5.74) is 0.700. The van der Waals surface area contributed by atoms with Crippen LogP contribution in [0.25, 0.3) is 0 Å². The smallest absolute Gasteiger partial charge is 0.325 e. The summed E-state index contributed by atoms with van der Waals surface area (Å²) in [5, 5.41) is -1.32. The van der Waals surface area contributed by atoms with Crippen LogP contribution in [-0.4, -0.2) is 39.1 Å². The van der Waals surface area contributed by atoms with Crippen molar-refractivity contribution in [2.75, 3.05) is 18.0 Å². The van der Waals surface area contributed by atoms with Crippen molar-refractivity contribution in [3.63, 3.8) is 0 Å². The number of carbonyl (C=O) groups is 2. The highest BCUT2D eigenvalue weighted by Gasteiger charge is 2.37. The van der Waals surface area contributed by atoms with Gasteiger partial charge < -0.3 is 4.74 Å². The number of fused-ring (bicyclic) bond motifs is 1. The SMILES string of the molecule is COC(=O)C(C)S(=O)(=O)N1CCCC(=O)c2ccccc21. The number of para-hydroxylation sites is 1. The number of sulfonamides is 1. The Morgan fingerprint density at radius 2 is 2.00 bits per heavy atom. The molecule has 0 saturated heterocycles. The topological polar surface area (TPSA) is 80.8 Å². The Morgan fingerprint density at radius 3 is 2.67 bits per heavy atom. The van der Waals surface area contributed by atoms with Gasteiger partial charge in [-0.15, -0.1) is 0 Å². The minimum Gasteiger partial charge on any atom is -0.468 e. The molecule has 7 heteroatoms. The Hall–Kier alpha value is -1.89. The Kier molecular flexibility index (Phi) is 4.32. The zero-order valence-electron chi connectivity index (χ0n) is 11.9. The number of rotatable bonds is 3. The molecule has 1 aromatic carbocycles. The first-order valence-corrected chi connectivity index (χ1v) is 8.11. The first kappa shape index (κ1) is 15.5. The van der Waals surface area contributed by atoms with E-state index in [1.165, 1.54) is 6.92 Å². The fourth-order valence-corrected chi connectivity index (χ4v) is 3.85. The molecule has 0 fully saturated rings. The highest BCUT2D eigenvalue weighted by Crippen LogP contribution is 2.29. The van der Waals surface area contributed by atoms with Gasteiger partial charge in [0.25, 0.3) is 0 Å². The predicted octanol–water partition coefficient (Wildman–Crippen LogP) is 1.36. The van der Waals surface area contributed by atoms with E-state index in [1.54, 1.807) is 24.3 Å². The first-order valence-electron chi connectivity index (χ1n) is 6.61. The van der Waals surface area contributed by atoms with E-state index in [9.17, 15) is 18.0 Å². The quantitative estimate of drug-likeness (QED) is 0.787. The second-order valence-corrected chi connectivity index (χ2v) is 7.00. The van der Waals surface area contributed by atoms with Crippen LogP contribution < -0.4 is 4.31 Å². The summed E-state index contributed by atoms with van der Waals surface area (Å²) in [6, 6.07) is 6.55. The van der Waals surface area contributed by atoms with Crippen LogP contribution in [-0.2, 0) is 19.6 Å². The molecular formula is C14H17NO5S. The van der Waals surface area contributed by atoms with Gasteiger partial charge in [0.1, 0.15) is 0 Å². The van der Waals surface area contributed by atoms with Gasteiger partial charge in [0.15, 0.2) is 11.0 Å². The van der Waals surface area contributed by atoms with Crippen molar-refractivity contribution in [3.8, 4) is 0 Å². The van der Waals surface area contributed by atoms with Crippen LogP contribution in [0.4, 0.5) is 5.69 Å². The number of ether oxygens (including phenoxy) is 1. The van der Waals surface area contributed by atoms with E-state index in [0.717, 1.165) is 11.4 Å². The summed E-state index contributed by atoms with van der Waals surface area (Å²) in [4.78, 5) is 23.6. The molecule has 0 N–H and O–H groups in total. The molecule has 1 heterocycles. The molecule has 0 radical (unpaired) electrons. The molecule has 1 unspecified atom stereocenters. The second kappa shape index (κ2) is 5.85.